The van der Waals surface area contributed by atoms with Gasteiger partial charge in [-0.05, 0) is 58.4 Å². The van der Waals surface area contributed by atoms with Crippen LogP contribution in [0.3, 0.4) is 0 Å². The lowest BCUT2D eigenvalue weighted by molar-refractivity contribution is 0.432. The van der Waals surface area contributed by atoms with Crippen molar-refractivity contribution in [1.82, 2.24) is 10.1 Å². The standard InChI is InChI=1S/C14H9BrFN3O/c15-12-6-3-9(16)7-11(12)14-18-13(19-20-14)8-1-4-10(17)5-2-8/h1-7H,17H2. The minimum Gasteiger partial charge on any atom is -0.399 e. The molecule has 0 atom stereocenters. The summed E-state index contributed by atoms with van der Waals surface area (Å²) >= 11 is 3.33. The highest BCUT2D eigenvalue weighted by atomic mass is 79.9. The summed E-state index contributed by atoms with van der Waals surface area (Å²) in [5.74, 6) is 0.315. The van der Waals surface area contributed by atoms with Crippen molar-refractivity contribution in [2.75, 3.05) is 5.73 Å². The Balaban J connectivity index is 2.01. The quantitative estimate of drug-likeness (QED) is 0.722. The van der Waals surface area contributed by atoms with Gasteiger partial charge in [-0.1, -0.05) is 5.16 Å². The van der Waals surface area contributed by atoms with Crippen molar-refractivity contribution in [3.63, 3.8) is 0 Å². The normalized spacial score (nSPS) is 10.7. The van der Waals surface area contributed by atoms with E-state index in [9.17, 15) is 4.39 Å². The Morgan fingerprint density at radius 1 is 1.10 bits per heavy atom. The van der Waals surface area contributed by atoms with Crippen LogP contribution in [0.5, 0.6) is 0 Å². The SMILES string of the molecule is Nc1ccc(-c2noc(-c3cc(F)ccc3Br)n2)cc1. The highest BCUT2D eigenvalue weighted by Gasteiger charge is 2.14. The number of aromatic nitrogens is 2. The lowest BCUT2D eigenvalue weighted by Crippen LogP contribution is -1.86. The molecule has 0 spiro atoms. The number of benzene rings is 2. The van der Waals surface area contributed by atoms with Crippen LogP contribution in [0.1, 0.15) is 0 Å². The number of halogens is 2. The van der Waals surface area contributed by atoms with Crippen molar-refractivity contribution in [3.05, 3.63) is 52.8 Å². The van der Waals surface area contributed by atoms with Crippen molar-refractivity contribution in [2.45, 2.75) is 0 Å². The molecular formula is C14H9BrFN3O. The number of rotatable bonds is 2. The zero-order chi connectivity index (χ0) is 14.1. The van der Waals surface area contributed by atoms with Crippen LogP contribution in [0.4, 0.5) is 10.1 Å². The van der Waals surface area contributed by atoms with Gasteiger partial charge in [0.2, 0.25) is 5.82 Å². The van der Waals surface area contributed by atoms with E-state index in [-0.39, 0.29) is 11.7 Å². The molecule has 0 bridgehead atoms. The predicted molar refractivity (Wildman–Crippen MR) is 77.2 cm³/mol. The molecule has 100 valence electrons. The summed E-state index contributed by atoms with van der Waals surface area (Å²) in [4.78, 5) is 4.27. The van der Waals surface area contributed by atoms with Gasteiger partial charge in [-0.15, -0.1) is 0 Å². The molecule has 0 aliphatic rings. The number of nitrogens with two attached hydrogens (primary N) is 1. The Hall–Kier alpha value is -2.21. The molecule has 1 heterocycles. The second-order valence-corrected chi connectivity index (χ2v) is 5.02. The molecule has 0 aliphatic carbocycles. The third-order valence-corrected chi connectivity index (χ3v) is 3.45. The van der Waals surface area contributed by atoms with Crippen LogP contribution in [0.2, 0.25) is 0 Å². The summed E-state index contributed by atoms with van der Waals surface area (Å²) in [5.41, 5.74) is 7.58. The summed E-state index contributed by atoms with van der Waals surface area (Å²) in [6.07, 6.45) is 0. The Labute approximate surface area is 122 Å². The van der Waals surface area contributed by atoms with Crippen LogP contribution in [0.25, 0.3) is 22.8 Å². The first-order valence-corrected chi connectivity index (χ1v) is 6.58. The zero-order valence-electron chi connectivity index (χ0n) is 10.2. The van der Waals surface area contributed by atoms with E-state index in [4.69, 9.17) is 10.3 Å². The first-order valence-electron chi connectivity index (χ1n) is 5.78. The van der Waals surface area contributed by atoms with Crippen molar-refractivity contribution < 1.29 is 8.91 Å². The smallest absolute Gasteiger partial charge is 0.259 e. The van der Waals surface area contributed by atoms with E-state index in [1.54, 1.807) is 30.3 Å². The van der Waals surface area contributed by atoms with Crippen LogP contribution in [-0.4, -0.2) is 10.1 Å². The van der Waals surface area contributed by atoms with Crippen molar-refractivity contribution in [3.8, 4) is 22.8 Å². The van der Waals surface area contributed by atoms with E-state index in [0.717, 1.165) is 5.56 Å². The van der Waals surface area contributed by atoms with E-state index in [0.29, 0.717) is 21.5 Å². The molecule has 3 rings (SSSR count). The molecule has 1 aromatic heterocycles. The van der Waals surface area contributed by atoms with E-state index in [1.165, 1.54) is 12.1 Å². The molecule has 2 N–H and O–H groups in total. The van der Waals surface area contributed by atoms with Gasteiger partial charge in [0.15, 0.2) is 0 Å². The van der Waals surface area contributed by atoms with Gasteiger partial charge in [0.1, 0.15) is 5.82 Å². The molecule has 0 saturated carbocycles. The van der Waals surface area contributed by atoms with Crippen LogP contribution < -0.4 is 5.73 Å². The highest BCUT2D eigenvalue weighted by Crippen LogP contribution is 2.29. The Morgan fingerprint density at radius 3 is 2.60 bits per heavy atom. The summed E-state index contributed by atoms with van der Waals surface area (Å²) in [6.45, 7) is 0. The highest BCUT2D eigenvalue weighted by molar-refractivity contribution is 9.10. The first-order chi connectivity index (χ1) is 9.63. The minimum absolute atomic E-state index is 0.253. The molecule has 0 unspecified atom stereocenters. The van der Waals surface area contributed by atoms with Crippen LogP contribution >= 0.6 is 15.9 Å². The molecule has 4 nitrogen and oxygen atoms in total. The van der Waals surface area contributed by atoms with Gasteiger partial charge >= 0.3 is 0 Å². The third-order valence-electron chi connectivity index (χ3n) is 2.75. The van der Waals surface area contributed by atoms with Crippen LogP contribution in [-0.2, 0) is 0 Å². The number of nitrogen functional groups attached to an aromatic ring is 1. The average Bonchev–Trinajstić information content (AvgIpc) is 2.92. The molecule has 0 radical (unpaired) electrons. The summed E-state index contributed by atoms with van der Waals surface area (Å²) < 4.78 is 19.2. The second-order valence-electron chi connectivity index (χ2n) is 4.17. The minimum atomic E-state index is -0.365. The Kier molecular flexibility index (Phi) is 3.23. The van der Waals surface area contributed by atoms with Crippen LogP contribution in [0.15, 0.2) is 51.5 Å². The maximum atomic E-state index is 13.3. The zero-order valence-corrected chi connectivity index (χ0v) is 11.8. The monoisotopic (exact) mass is 333 g/mol. The molecule has 20 heavy (non-hydrogen) atoms. The van der Waals surface area contributed by atoms with Gasteiger partial charge < -0.3 is 10.3 Å². The molecule has 3 aromatic rings. The maximum absolute atomic E-state index is 13.3. The maximum Gasteiger partial charge on any atom is 0.259 e. The Morgan fingerprint density at radius 2 is 1.85 bits per heavy atom. The lowest BCUT2D eigenvalue weighted by Gasteiger charge is -1.98. The summed E-state index contributed by atoms with van der Waals surface area (Å²) in [6, 6.07) is 11.4. The van der Waals surface area contributed by atoms with E-state index in [2.05, 4.69) is 26.1 Å². The molecule has 0 aliphatic heterocycles. The van der Waals surface area contributed by atoms with Crippen molar-refractivity contribution in [2.24, 2.45) is 0 Å². The van der Waals surface area contributed by atoms with Gasteiger partial charge in [-0.2, -0.15) is 4.98 Å². The van der Waals surface area contributed by atoms with Gasteiger partial charge in [0.25, 0.3) is 5.89 Å². The van der Waals surface area contributed by atoms with Gasteiger partial charge in [0.05, 0.1) is 5.56 Å². The molecule has 0 saturated heterocycles. The molecule has 6 heteroatoms. The number of hydrogen-bond donors (Lipinski definition) is 1. The fourth-order valence-electron chi connectivity index (χ4n) is 1.74. The van der Waals surface area contributed by atoms with Gasteiger partial charge in [-0.3, -0.25) is 0 Å². The van der Waals surface area contributed by atoms with Gasteiger partial charge in [-0.25, -0.2) is 4.39 Å². The number of anilines is 1. The fourth-order valence-corrected chi connectivity index (χ4v) is 2.16. The predicted octanol–water partition coefficient (Wildman–Crippen LogP) is 3.89. The van der Waals surface area contributed by atoms with Crippen molar-refractivity contribution >= 4 is 21.6 Å². The fraction of sp³-hybridized carbons (Fsp3) is 0. The summed E-state index contributed by atoms with van der Waals surface area (Å²) in [7, 11) is 0. The summed E-state index contributed by atoms with van der Waals surface area (Å²) in [5, 5.41) is 3.89. The molecular weight excluding hydrogens is 325 g/mol. The molecule has 2 aromatic carbocycles. The third kappa shape index (κ3) is 2.42. The Bertz CT molecular complexity index is 755. The molecule has 0 amide bonds. The second kappa shape index (κ2) is 5.05. The average molecular weight is 334 g/mol. The van der Waals surface area contributed by atoms with E-state index >= 15 is 0 Å². The first kappa shape index (κ1) is 12.8. The van der Waals surface area contributed by atoms with Crippen molar-refractivity contribution in [1.29, 1.82) is 0 Å². The number of hydrogen-bond acceptors (Lipinski definition) is 4. The largest absolute Gasteiger partial charge is 0.399 e. The lowest BCUT2D eigenvalue weighted by atomic mass is 10.2. The topological polar surface area (TPSA) is 64.9 Å². The van der Waals surface area contributed by atoms with Gasteiger partial charge in [0, 0.05) is 15.7 Å². The molecule has 0 fully saturated rings. The van der Waals surface area contributed by atoms with Crippen LogP contribution in [0, 0.1) is 5.82 Å². The number of nitrogens with zero attached hydrogens (tertiary/aromatic N) is 2. The van der Waals surface area contributed by atoms with E-state index < -0.39 is 0 Å². The van der Waals surface area contributed by atoms with E-state index in [1.807, 2.05) is 0 Å².